The molecule has 11 heteroatoms. The van der Waals surface area contributed by atoms with Crippen LogP contribution in [-0.4, -0.2) is 34.0 Å². The van der Waals surface area contributed by atoms with Crippen LogP contribution >= 0.6 is 11.6 Å². The van der Waals surface area contributed by atoms with Gasteiger partial charge in [-0.15, -0.1) is 0 Å². The van der Waals surface area contributed by atoms with E-state index in [1.807, 2.05) is 48.5 Å². The Labute approximate surface area is 255 Å². The minimum atomic E-state index is -1.49. The molecule has 0 radical (unpaired) electrons. The van der Waals surface area contributed by atoms with Gasteiger partial charge < -0.3 is 5.11 Å². The summed E-state index contributed by atoms with van der Waals surface area (Å²) in [7, 11) is 0. The normalized spacial score (nSPS) is 23.7. The molecule has 1 fully saturated rings. The zero-order valence-corrected chi connectivity index (χ0v) is 23.6. The minimum absolute atomic E-state index is 0.0916. The lowest BCUT2D eigenvalue weighted by molar-refractivity contribution is -0.384. The van der Waals surface area contributed by atoms with E-state index in [1.54, 1.807) is 30.3 Å². The molecule has 0 aromatic heterocycles. The third kappa shape index (κ3) is 3.84. The van der Waals surface area contributed by atoms with Crippen LogP contribution in [0.5, 0.6) is 0 Å². The first-order chi connectivity index (χ1) is 21.3. The third-order valence-electron chi connectivity index (χ3n) is 8.87. The summed E-state index contributed by atoms with van der Waals surface area (Å²) in [5, 5.41) is 27.0. The van der Waals surface area contributed by atoms with Crippen LogP contribution in [0.2, 0.25) is 5.02 Å². The lowest BCUT2D eigenvalue weighted by Crippen LogP contribution is -2.54. The molecule has 4 aliphatic rings. The van der Waals surface area contributed by atoms with Gasteiger partial charge in [0.2, 0.25) is 11.8 Å². The van der Waals surface area contributed by atoms with Crippen molar-refractivity contribution < 1.29 is 24.4 Å². The van der Waals surface area contributed by atoms with Crippen LogP contribution in [0.15, 0.2) is 102 Å². The second-order valence-electron chi connectivity index (χ2n) is 11.0. The largest absolute Gasteiger partial charge is 0.378 e. The second kappa shape index (κ2) is 10.2. The van der Waals surface area contributed by atoms with Crippen molar-refractivity contribution in [1.29, 1.82) is 0 Å². The van der Waals surface area contributed by atoms with E-state index in [4.69, 9.17) is 11.6 Å². The lowest BCUT2D eigenvalue weighted by Gasteiger charge is -2.52. The zero-order chi connectivity index (χ0) is 30.7. The van der Waals surface area contributed by atoms with Gasteiger partial charge in [-0.1, -0.05) is 90.5 Å². The van der Waals surface area contributed by atoms with E-state index in [9.17, 15) is 29.6 Å². The summed E-state index contributed by atoms with van der Waals surface area (Å²) in [5.41, 5.74) is 3.96. The molecule has 4 aromatic carbocycles. The monoisotopic (exact) mass is 606 g/mol. The Kier molecular flexibility index (Phi) is 6.42. The van der Waals surface area contributed by atoms with E-state index >= 15 is 0 Å². The topological polar surface area (TPSA) is 142 Å². The number of carbonyl (C=O) groups is 3. The number of amides is 3. The van der Waals surface area contributed by atoms with Crippen LogP contribution in [0, 0.1) is 22.0 Å². The van der Waals surface area contributed by atoms with Crippen molar-refractivity contribution >= 4 is 46.9 Å². The number of hydrogen-bond donors (Lipinski definition) is 2. The molecule has 2 bridgehead atoms. The fourth-order valence-corrected chi connectivity index (χ4v) is 7.33. The number of nitro groups is 1. The molecular formula is C33H23ClN4O6. The van der Waals surface area contributed by atoms with E-state index in [1.165, 1.54) is 18.3 Å². The van der Waals surface area contributed by atoms with Gasteiger partial charge in [-0.25, -0.2) is 10.3 Å². The van der Waals surface area contributed by atoms with Gasteiger partial charge in [-0.05, 0) is 39.9 Å². The summed E-state index contributed by atoms with van der Waals surface area (Å²) in [6, 6.07) is 27.1. The van der Waals surface area contributed by atoms with Crippen molar-refractivity contribution in [2.75, 3.05) is 4.90 Å². The molecule has 1 saturated heterocycles. The predicted octanol–water partition coefficient (Wildman–Crippen LogP) is 4.63. The van der Waals surface area contributed by atoms with Gasteiger partial charge in [0.05, 0.1) is 22.2 Å². The Bertz CT molecular complexity index is 1860. The zero-order valence-electron chi connectivity index (χ0n) is 22.8. The van der Waals surface area contributed by atoms with Crippen molar-refractivity contribution in [3.63, 3.8) is 0 Å². The number of hydrogen-bond acceptors (Lipinski definition) is 7. The van der Waals surface area contributed by atoms with E-state index < -0.39 is 57.6 Å². The van der Waals surface area contributed by atoms with Crippen molar-refractivity contribution in [1.82, 2.24) is 5.43 Å². The highest BCUT2D eigenvalue weighted by atomic mass is 35.5. The number of benzene rings is 4. The molecule has 218 valence electrons. The van der Waals surface area contributed by atoms with Gasteiger partial charge in [0.15, 0.2) is 6.10 Å². The molecule has 8 rings (SSSR count). The number of imide groups is 1. The summed E-state index contributed by atoms with van der Waals surface area (Å²) in [6.45, 7) is 0. The first-order valence-corrected chi connectivity index (χ1v) is 14.2. The molecule has 3 amide bonds. The van der Waals surface area contributed by atoms with Crippen LogP contribution in [-0.2, 0) is 19.8 Å². The lowest BCUT2D eigenvalue weighted by atomic mass is 9.47. The van der Waals surface area contributed by atoms with Gasteiger partial charge in [0.1, 0.15) is 5.69 Å². The average molecular weight is 607 g/mol. The maximum atomic E-state index is 14.5. The molecule has 10 nitrogen and oxygen atoms in total. The van der Waals surface area contributed by atoms with E-state index in [0.29, 0.717) is 5.56 Å². The number of anilines is 1. The molecule has 0 unspecified atom stereocenters. The highest BCUT2D eigenvalue weighted by molar-refractivity contribution is 6.31. The maximum Gasteiger partial charge on any atom is 0.294 e. The molecular weight excluding hydrogens is 584 g/mol. The van der Waals surface area contributed by atoms with Crippen LogP contribution in [0.4, 0.5) is 11.4 Å². The summed E-state index contributed by atoms with van der Waals surface area (Å²) in [6.07, 6.45) is -0.0333. The third-order valence-corrected chi connectivity index (χ3v) is 9.10. The smallest absolute Gasteiger partial charge is 0.294 e. The molecule has 1 aliphatic heterocycles. The first-order valence-electron chi connectivity index (χ1n) is 13.8. The van der Waals surface area contributed by atoms with Crippen LogP contribution in [0.1, 0.15) is 39.8 Å². The number of aliphatic hydroxyl groups excluding tert-OH is 1. The molecule has 0 saturated carbocycles. The Morgan fingerprint density at radius 3 is 2.20 bits per heavy atom. The van der Waals surface area contributed by atoms with E-state index in [0.717, 1.165) is 33.2 Å². The Morgan fingerprint density at radius 1 is 0.955 bits per heavy atom. The molecule has 0 spiro atoms. The van der Waals surface area contributed by atoms with Crippen LogP contribution in [0.25, 0.3) is 0 Å². The van der Waals surface area contributed by atoms with Gasteiger partial charge in [-0.2, -0.15) is 5.10 Å². The summed E-state index contributed by atoms with van der Waals surface area (Å²) < 4.78 is 0. The summed E-state index contributed by atoms with van der Waals surface area (Å²) in [4.78, 5) is 53.9. The molecule has 3 atom stereocenters. The van der Waals surface area contributed by atoms with Crippen molar-refractivity contribution in [3.05, 3.63) is 140 Å². The number of rotatable bonds is 6. The molecule has 2 N–H and O–H groups in total. The minimum Gasteiger partial charge on any atom is -0.378 e. The number of halogens is 1. The Balaban J connectivity index is 1.38. The van der Waals surface area contributed by atoms with Gasteiger partial charge >= 0.3 is 0 Å². The van der Waals surface area contributed by atoms with Gasteiger partial charge in [0, 0.05) is 23.2 Å². The van der Waals surface area contributed by atoms with Gasteiger partial charge in [0.25, 0.3) is 11.6 Å². The fourth-order valence-electron chi connectivity index (χ4n) is 7.16. The van der Waals surface area contributed by atoms with Crippen molar-refractivity contribution in [3.8, 4) is 0 Å². The Morgan fingerprint density at radius 2 is 1.57 bits per heavy atom. The molecule has 3 aliphatic carbocycles. The molecule has 44 heavy (non-hydrogen) atoms. The number of hydrazone groups is 1. The number of nitrogens with one attached hydrogen (secondary N) is 1. The average Bonchev–Trinajstić information content (AvgIpc) is 3.31. The van der Waals surface area contributed by atoms with Crippen molar-refractivity contribution in [2.24, 2.45) is 16.9 Å². The predicted molar refractivity (Wildman–Crippen MR) is 161 cm³/mol. The number of nitrogens with zero attached hydrogens (tertiary/aromatic N) is 3. The Hall–Kier alpha value is -5.19. The van der Waals surface area contributed by atoms with Crippen molar-refractivity contribution in [2.45, 2.75) is 17.4 Å². The molecule has 4 aromatic rings. The summed E-state index contributed by atoms with van der Waals surface area (Å²) >= 11 is 6.04. The first kappa shape index (κ1) is 27.6. The fraction of sp³-hybridized carbons (Fsp3) is 0.152. The van der Waals surface area contributed by atoms with Gasteiger partial charge in [-0.3, -0.25) is 24.5 Å². The SMILES string of the molecule is O=C(N/N=C\C12c3ccccc3C(c3ccccc31)[C@@H]1C(=O)N(c3ccc(Cl)cc3[N+](=O)[O-])C(=O)[C@H]12)[C@@H](O)c1ccccc1. The van der Waals surface area contributed by atoms with E-state index in [2.05, 4.69) is 10.5 Å². The second-order valence-corrected chi connectivity index (χ2v) is 11.4. The number of carbonyl (C=O) groups excluding carboxylic acids is 3. The highest BCUT2D eigenvalue weighted by Crippen LogP contribution is 2.64. The number of aliphatic hydroxyl groups is 1. The number of nitro benzene ring substituents is 1. The maximum absolute atomic E-state index is 14.5. The highest BCUT2D eigenvalue weighted by Gasteiger charge is 2.68. The standard InChI is InChI=1S/C33H23ClN4O6/c34-19-14-15-24(25(16-19)38(43)44)37-31(41)27-26-20-10-4-6-12-22(20)33(28(27)32(37)42,23-13-7-5-11-21(23)26)17-35-36-30(40)29(39)18-8-2-1-3-9-18/h1-17,26-29,39H,(H,36,40)/b35-17-/t26?,27-,28-,29-,33?/m0/s1. The summed E-state index contributed by atoms with van der Waals surface area (Å²) in [5.74, 6) is -4.40. The van der Waals surface area contributed by atoms with E-state index in [-0.39, 0.29) is 10.7 Å². The van der Waals surface area contributed by atoms with Crippen LogP contribution in [0.3, 0.4) is 0 Å². The molecule has 1 heterocycles. The quantitative estimate of drug-likeness (QED) is 0.142. The van der Waals surface area contributed by atoms with Crippen LogP contribution < -0.4 is 10.3 Å².